The van der Waals surface area contributed by atoms with Crippen LogP contribution in [0.1, 0.15) is 26.5 Å². The van der Waals surface area contributed by atoms with Crippen LogP contribution in [-0.4, -0.2) is 33.6 Å². The van der Waals surface area contributed by atoms with Crippen LogP contribution in [0, 0.1) is 6.92 Å². The molecule has 0 spiro atoms. The standard InChI is InChI=1S/C18H16ClN5O2/c1-11-10-15(24(23-11)16-13(19)7-5-9-21-16)18(26)22-14-8-4-3-6-12(14)17(25)20-2/h3-10H,1-2H3,(H,20,25)(H,22,26). The Bertz CT molecular complexity index is 983. The lowest BCUT2D eigenvalue weighted by atomic mass is 10.1. The number of nitrogens with one attached hydrogen (secondary N) is 2. The third-order valence-corrected chi connectivity index (χ3v) is 3.95. The maximum absolute atomic E-state index is 12.8. The normalized spacial score (nSPS) is 10.4. The van der Waals surface area contributed by atoms with Gasteiger partial charge in [-0.2, -0.15) is 5.10 Å². The highest BCUT2D eigenvalue weighted by molar-refractivity contribution is 6.32. The maximum atomic E-state index is 12.8. The smallest absolute Gasteiger partial charge is 0.274 e. The van der Waals surface area contributed by atoms with Gasteiger partial charge in [-0.1, -0.05) is 23.7 Å². The predicted octanol–water partition coefficient (Wildman–Crippen LogP) is 2.84. The monoisotopic (exact) mass is 369 g/mol. The third-order valence-electron chi connectivity index (χ3n) is 3.65. The first-order chi connectivity index (χ1) is 12.5. The number of anilines is 1. The van der Waals surface area contributed by atoms with Gasteiger partial charge in [0.2, 0.25) is 0 Å². The van der Waals surface area contributed by atoms with Crippen molar-refractivity contribution >= 4 is 29.1 Å². The highest BCUT2D eigenvalue weighted by Crippen LogP contribution is 2.21. The van der Waals surface area contributed by atoms with E-state index in [1.165, 1.54) is 11.7 Å². The van der Waals surface area contributed by atoms with Gasteiger partial charge in [0.15, 0.2) is 5.82 Å². The molecule has 2 aromatic heterocycles. The molecule has 0 radical (unpaired) electrons. The summed E-state index contributed by atoms with van der Waals surface area (Å²) in [5.74, 6) is -0.367. The van der Waals surface area contributed by atoms with Gasteiger partial charge in [0.25, 0.3) is 11.8 Å². The van der Waals surface area contributed by atoms with Crippen molar-refractivity contribution in [2.24, 2.45) is 0 Å². The molecule has 132 valence electrons. The number of carbonyl (C=O) groups is 2. The van der Waals surface area contributed by atoms with Crippen molar-refractivity contribution in [1.82, 2.24) is 20.1 Å². The highest BCUT2D eigenvalue weighted by Gasteiger charge is 2.20. The lowest BCUT2D eigenvalue weighted by molar-refractivity contribution is 0.0964. The molecule has 0 aliphatic rings. The molecule has 2 N–H and O–H groups in total. The Balaban J connectivity index is 1.98. The highest BCUT2D eigenvalue weighted by atomic mass is 35.5. The van der Waals surface area contributed by atoms with Crippen molar-refractivity contribution < 1.29 is 9.59 Å². The summed E-state index contributed by atoms with van der Waals surface area (Å²) < 4.78 is 1.38. The van der Waals surface area contributed by atoms with Gasteiger partial charge in [0.05, 0.1) is 22.0 Å². The van der Waals surface area contributed by atoms with E-state index in [0.29, 0.717) is 27.8 Å². The lowest BCUT2D eigenvalue weighted by Crippen LogP contribution is -2.22. The van der Waals surface area contributed by atoms with Crippen molar-refractivity contribution in [3.63, 3.8) is 0 Å². The number of hydrogen-bond acceptors (Lipinski definition) is 4. The predicted molar refractivity (Wildman–Crippen MR) is 98.9 cm³/mol. The van der Waals surface area contributed by atoms with Crippen LogP contribution >= 0.6 is 11.6 Å². The Kier molecular flexibility index (Phi) is 4.99. The first-order valence-electron chi connectivity index (χ1n) is 7.81. The Morgan fingerprint density at radius 3 is 2.62 bits per heavy atom. The van der Waals surface area contributed by atoms with Gasteiger partial charge in [0.1, 0.15) is 5.69 Å². The number of rotatable bonds is 4. The van der Waals surface area contributed by atoms with Gasteiger partial charge in [-0.3, -0.25) is 9.59 Å². The molecule has 3 rings (SSSR count). The van der Waals surface area contributed by atoms with Crippen LogP contribution in [0.5, 0.6) is 0 Å². The average Bonchev–Trinajstić information content (AvgIpc) is 3.03. The molecule has 2 heterocycles. The summed E-state index contributed by atoms with van der Waals surface area (Å²) in [4.78, 5) is 29.0. The third kappa shape index (κ3) is 3.43. The summed E-state index contributed by atoms with van der Waals surface area (Å²) in [5, 5.41) is 9.98. The SMILES string of the molecule is CNC(=O)c1ccccc1NC(=O)c1cc(C)nn1-c1ncccc1Cl. The Morgan fingerprint density at radius 2 is 1.88 bits per heavy atom. The summed E-state index contributed by atoms with van der Waals surface area (Å²) >= 11 is 6.18. The van der Waals surface area contributed by atoms with Crippen LogP contribution in [0.2, 0.25) is 5.02 Å². The number of hydrogen-bond donors (Lipinski definition) is 2. The number of amides is 2. The molecule has 0 saturated carbocycles. The van der Waals surface area contributed by atoms with Crippen LogP contribution < -0.4 is 10.6 Å². The van der Waals surface area contributed by atoms with E-state index in [9.17, 15) is 9.59 Å². The Hall–Kier alpha value is -3.19. The zero-order valence-electron chi connectivity index (χ0n) is 14.2. The zero-order chi connectivity index (χ0) is 18.7. The van der Waals surface area contributed by atoms with E-state index >= 15 is 0 Å². The lowest BCUT2D eigenvalue weighted by Gasteiger charge is -2.11. The van der Waals surface area contributed by atoms with Crippen LogP contribution in [0.25, 0.3) is 5.82 Å². The van der Waals surface area contributed by atoms with E-state index in [2.05, 4.69) is 20.7 Å². The molecule has 7 nitrogen and oxygen atoms in total. The summed E-state index contributed by atoms with van der Waals surface area (Å²) in [7, 11) is 1.53. The fourth-order valence-electron chi connectivity index (χ4n) is 2.47. The van der Waals surface area contributed by atoms with Crippen LogP contribution in [0.15, 0.2) is 48.7 Å². The van der Waals surface area contributed by atoms with E-state index in [1.54, 1.807) is 55.6 Å². The van der Waals surface area contributed by atoms with E-state index in [4.69, 9.17) is 11.6 Å². The molecule has 0 fully saturated rings. The van der Waals surface area contributed by atoms with E-state index in [-0.39, 0.29) is 11.6 Å². The van der Waals surface area contributed by atoms with Crippen molar-refractivity contribution in [2.75, 3.05) is 12.4 Å². The molecule has 2 amide bonds. The zero-order valence-corrected chi connectivity index (χ0v) is 14.9. The van der Waals surface area contributed by atoms with Crippen molar-refractivity contribution in [3.8, 4) is 5.82 Å². The molecule has 26 heavy (non-hydrogen) atoms. The number of nitrogens with zero attached hydrogens (tertiary/aromatic N) is 3. The second-order valence-corrected chi connectivity index (χ2v) is 5.88. The minimum atomic E-state index is -0.427. The number of benzene rings is 1. The molecule has 8 heteroatoms. The van der Waals surface area contributed by atoms with Crippen LogP contribution in [0.3, 0.4) is 0 Å². The molecule has 0 aliphatic carbocycles. The van der Waals surface area contributed by atoms with E-state index in [0.717, 1.165) is 0 Å². The second-order valence-electron chi connectivity index (χ2n) is 5.47. The molecule has 0 atom stereocenters. The minimum Gasteiger partial charge on any atom is -0.355 e. The van der Waals surface area contributed by atoms with Gasteiger partial charge >= 0.3 is 0 Å². The molecule has 0 unspecified atom stereocenters. The largest absolute Gasteiger partial charge is 0.355 e. The van der Waals surface area contributed by atoms with Crippen LogP contribution in [0.4, 0.5) is 5.69 Å². The maximum Gasteiger partial charge on any atom is 0.274 e. The quantitative estimate of drug-likeness (QED) is 0.740. The number of carbonyl (C=O) groups excluding carboxylic acids is 2. The second kappa shape index (κ2) is 7.37. The number of pyridine rings is 1. The molecular weight excluding hydrogens is 354 g/mol. The van der Waals surface area contributed by atoms with Crippen molar-refractivity contribution in [3.05, 3.63) is 70.6 Å². The fourth-order valence-corrected chi connectivity index (χ4v) is 2.67. The van der Waals surface area contributed by atoms with Gasteiger partial charge in [0, 0.05) is 13.2 Å². The fraction of sp³-hybridized carbons (Fsp3) is 0.111. The van der Waals surface area contributed by atoms with Gasteiger partial charge < -0.3 is 10.6 Å². The van der Waals surface area contributed by atoms with Gasteiger partial charge in [-0.05, 0) is 37.3 Å². The number of halogens is 1. The number of para-hydroxylation sites is 1. The topological polar surface area (TPSA) is 88.9 Å². The molecular formula is C18H16ClN5O2. The van der Waals surface area contributed by atoms with Gasteiger partial charge in [-0.15, -0.1) is 0 Å². The van der Waals surface area contributed by atoms with Crippen LogP contribution in [-0.2, 0) is 0 Å². The average molecular weight is 370 g/mol. The minimum absolute atomic E-state index is 0.259. The van der Waals surface area contributed by atoms with E-state index in [1.807, 2.05) is 0 Å². The summed E-state index contributed by atoms with van der Waals surface area (Å²) in [5.41, 5.74) is 1.66. The first kappa shape index (κ1) is 17.6. The number of aromatic nitrogens is 3. The molecule has 0 bridgehead atoms. The molecule has 3 aromatic rings. The summed E-state index contributed by atoms with van der Waals surface area (Å²) in [6.45, 7) is 1.77. The molecule has 0 aliphatic heterocycles. The Labute approximate surface area is 155 Å². The summed E-state index contributed by atoms with van der Waals surface area (Å²) in [6.07, 6.45) is 1.57. The molecule has 1 aromatic carbocycles. The van der Waals surface area contributed by atoms with E-state index < -0.39 is 5.91 Å². The van der Waals surface area contributed by atoms with Crippen molar-refractivity contribution in [2.45, 2.75) is 6.92 Å². The van der Waals surface area contributed by atoms with Gasteiger partial charge in [-0.25, -0.2) is 9.67 Å². The molecule has 0 saturated heterocycles. The Morgan fingerprint density at radius 1 is 1.12 bits per heavy atom. The van der Waals surface area contributed by atoms with Crippen molar-refractivity contribution in [1.29, 1.82) is 0 Å². The number of aryl methyl sites for hydroxylation is 1. The first-order valence-corrected chi connectivity index (χ1v) is 8.19. The summed E-state index contributed by atoms with van der Waals surface area (Å²) in [6, 6.07) is 11.7.